The topological polar surface area (TPSA) is 79.4 Å². The molecule has 7 nitrogen and oxygen atoms in total. The Morgan fingerprint density at radius 1 is 1.00 bits per heavy atom. The maximum atomic E-state index is 12.6. The van der Waals surface area contributed by atoms with Gasteiger partial charge in [0.2, 0.25) is 0 Å². The van der Waals surface area contributed by atoms with Gasteiger partial charge in [0.05, 0.1) is 5.56 Å². The van der Waals surface area contributed by atoms with Gasteiger partial charge < -0.3 is 20.3 Å². The predicted octanol–water partition coefficient (Wildman–Crippen LogP) is 3.49. The third-order valence-electron chi connectivity index (χ3n) is 4.10. The second kappa shape index (κ2) is 9.54. The van der Waals surface area contributed by atoms with E-state index in [4.69, 9.17) is 4.74 Å². The molecule has 0 fully saturated rings. The Bertz CT molecular complexity index is 960. The van der Waals surface area contributed by atoms with Crippen LogP contribution in [0, 0.1) is 6.92 Å². The number of ether oxygens (including phenoxy) is 1. The third kappa shape index (κ3) is 5.68. The van der Waals surface area contributed by atoms with Crippen molar-refractivity contribution in [3.63, 3.8) is 0 Å². The summed E-state index contributed by atoms with van der Waals surface area (Å²) in [5, 5.41) is 6.13. The Morgan fingerprint density at radius 2 is 1.72 bits per heavy atom. The Hall–Kier alpha value is -3.61. The van der Waals surface area contributed by atoms with E-state index in [-0.39, 0.29) is 5.91 Å². The Kier molecular flexibility index (Phi) is 6.63. The maximum absolute atomic E-state index is 12.6. The lowest BCUT2D eigenvalue weighted by Gasteiger charge is -2.14. The molecular weight excluding hydrogens is 366 g/mol. The summed E-state index contributed by atoms with van der Waals surface area (Å²) in [6.45, 7) is 2.83. The van der Waals surface area contributed by atoms with Crippen LogP contribution in [-0.2, 0) is 0 Å². The van der Waals surface area contributed by atoms with E-state index >= 15 is 0 Å². The standard InChI is InChI=1S/C22H25N5O2/c1-16-25-20(15-21(26-16)27(2)3)23-13-14-24-22(28)18-11-7-8-12-19(18)29-17-9-5-4-6-10-17/h4-12,15H,13-14H2,1-3H3,(H,24,28)(H,23,25,26). The van der Waals surface area contributed by atoms with Crippen molar-refractivity contribution in [3.05, 3.63) is 72.1 Å². The molecule has 0 aliphatic heterocycles. The van der Waals surface area contributed by atoms with Crippen molar-refractivity contribution < 1.29 is 9.53 Å². The first-order chi connectivity index (χ1) is 14.0. The molecule has 7 heteroatoms. The van der Waals surface area contributed by atoms with Gasteiger partial charge >= 0.3 is 0 Å². The number of nitrogens with zero attached hydrogens (tertiary/aromatic N) is 3. The van der Waals surface area contributed by atoms with Crippen LogP contribution in [0.25, 0.3) is 0 Å². The highest BCUT2D eigenvalue weighted by Gasteiger charge is 2.12. The number of benzene rings is 2. The molecule has 0 aliphatic carbocycles. The molecule has 0 radical (unpaired) electrons. The van der Waals surface area contributed by atoms with E-state index in [1.165, 1.54) is 0 Å². The van der Waals surface area contributed by atoms with Crippen LogP contribution in [0.4, 0.5) is 11.6 Å². The summed E-state index contributed by atoms with van der Waals surface area (Å²) in [6.07, 6.45) is 0. The van der Waals surface area contributed by atoms with Crippen LogP contribution >= 0.6 is 0 Å². The van der Waals surface area contributed by atoms with Crippen LogP contribution in [-0.4, -0.2) is 43.1 Å². The lowest BCUT2D eigenvalue weighted by atomic mass is 10.2. The van der Waals surface area contributed by atoms with Crippen LogP contribution in [0.5, 0.6) is 11.5 Å². The van der Waals surface area contributed by atoms with Crippen LogP contribution < -0.4 is 20.3 Å². The van der Waals surface area contributed by atoms with Crippen molar-refractivity contribution >= 4 is 17.5 Å². The Balaban J connectivity index is 1.57. The SMILES string of the molecule is Cc1nc(NCCNC(=O)c2ccccc2Oc2ccccc2)cc(N(C)C)n1. The first kappa shape index (κ1) is 20.1. The minimum Gasteiger partial charge on any atom is -0.457 e. The van der Waals surface area contributed by atoms with Gasteiger partial charge in [-0.1, -0.05) is 30.3 Å². The molecule has 0 saturated heterocycles. The fraction of sp³-hybridized carbons (Fsp3) is 0.227. The van der Waals surface area contributed by atoms with Gasteiger partial charge in [-0.2, -0.15) is 0 Å². The minimum atomic E-state index is -0.189. The van der Waals surface area contributed by atoms with Gasteiger partial charge in [-0.25, -0.2) is 9.97 Å². The Morgan fingerprint density at radius 3 is 2.48 bits per heavy atom. The zero-order valence-corrected chi connectivity index (χ0v) is 16.8. The van der Waals surface area contributed by atoms with E-state index in [1.54, 1.807) is 12.1 Å². The zero-order chi connectivity index (χ0) is 20.6. The number of anilines is 2. The molecule has 1 aromatic heterocycles. The van der Waals surface area contributed by atoms with Gasteiger partial charge in [-0.05, 0) is 31.2 Å². The fourth-order valence-corrected chi connectivity index (χ4v) is 2.69. The zero-order valence-electron chi connectivity index (χ0n) is 16.8. The molecule has 0 bridgehead atoms. The number of hydrogen-bond donors (Lipinski definition) is 2. The molecule has 0 atom stereocenters. The van der Waals surface area contributed by atoms with Gasteiger partial charge in [0.15, 0.2) is 0 Å². The van der Waals surface area contributed by atoms with Crippen molar-refractivity contribution in [2.75, 3.05) is 37.4 Å². The first-order valence-corrected chi connectivity index (χ1v) is 9.40. The summed E-state index contributed by atoms with van der Waals surface area (Å²) in [5.41, 5.74) is 0.490. The van der Waals surface area contributed by atoms with Crippen molar-refractivity contribution in [1.82, 2.24) is 15.3 Å². The summed E-state index contributed by atoms with van der Waals surface area (Å²) in [6, 6.07) is 18.5. The highest BCUT2D eigenvalue weighted by molar-refractivity contribution is 5.97. The molecule has 3 rings (SSSR count). The molecule has 1 heterocycles. The minimum absolute atomic E-state index is 0.189. The van der Waals surface area contributed by atoms with Crippen LogP contribution in [0.2, 0.25) is 0 Å². The van der Waals surface area contributed by atoms with Gasteiger partial charge in [0.25, 0.3) is 5.91 Å². The van der Waals surface area contributed by atoms with Crippen LogP contribution in [0.1, 0.15) is 16.2 Å². The van der Waals surface area contributed by atoms with Crippen molar-refractivity contribution in [3.8, 4) is 11.5 Å². The van der Waals surface area contributed by atoms with E-state index in [9.17, 15) is 4.79 Å². The molecule has 0 unspecified atom stereocenters. The summed E-state index contributed by atoms with van der Waals surface area (Å²) >= 11 is 0. The molecule has 2 aromatic carbocycles. The molecule has 0 saturated carbocycles. The first-order valence-electron chi connectivity index (χ1n) is 9.40. The quantitative estimate of drug-likeness (QED) is 0.572. The smallest absolute Gasteiger partial charge is 0.255 e. The number of rotatable bonds is 8. The molecule has 0 spiro atoms. The predicted molar refractivity (Wildman–Crippen MR) is 115 cm³/mol. The molecule has 29 heavy (non-hydrogen) atoms. The number of nitrogens with one attached hydrogen (secondary N) is 2. The van der Waals surface area contributed by atoms with Gasteiger partial charge in [0.1, 0.15) is 29.0 Å². The van der Waals surface area contributed by atoms with Gasteiger partial charge in [-0.3, -0.25) is 4.79 Å². The summed E-state index contributed by atoms with van der Waals surface area (Å²) in [7, 11) is 3.86. The molecule has 3 aromatic rings. The lowest BCUT2D eigenvalue weighted by Crippen LogP contribution is -2.29. The maximum Gasteiger partial charge on any atom is 0.255 e. The number of aryl methyl sites for hydroxylation is 1. The average Bonchev–Trinajstić information content (AvgIpc) is 2.72. The van der Waals surface area contributed by atoms with E-state index in [1.807, 2.05) is 74.4 Å². The molecule has 0 aliphatic rings. The molecular formula is C22H25N5O2. The number of para-hydroxylation sites is 2. The van der Waals surface area contributed by atoms with Gasteiger partial charge in [-0.15, -0.1) is 0 Å². The number of hydrogen-bond acceptors (Lipinski definition) is 6. The summed E-state index contributed by atoms with van der Waals surface area (Å²) in [4.78, 5) is 23.3. The summed E-state index contributed by atoms with van der Waals surface area (Å²) < 4.78 is 5.86. The average molecular weight is 391 g/mol. The fourth-order valence-electron chi connectivity index (χ4n) is 2.69. The third-order valence-corrected chi connectivity index (χ3v) is 4.10. The largest absolute Gasteiger partial charge is 0.457 e. The number of carbonyl (C=O) groups is 1. The van der Waals surface area contributed by atoms with Crippen molar-refractivity contribution in [1.29, 1.82) is 0 Å². The number of aromatic nitrogens is 2. The second-order valence-corrected chi connectivity index (χ2v) is 6.65. The van der Waals surface area contributed by atoms with Crippen molar-refractivity contribution in [2.45, 2.75) is 6.92 Å². The monoisotopic (exact) mass is 391 g/mol. The molecule has 150 valence electrons. The van der Waals surface area contributed by atoms with E-state index in [2.05, 4.69) is 20.6 Å². The summed E-state index contributed by atoms with van der Waals surface area (Å²) in [5.74, 6) is 3.26. The Labute approximate surface area is 170 Å². The van der Waals surface area contributed by atoms with Crippen LogP contribution in [0.3, 0.4) is 0 Å². The van der Waals surface area contributed by atoms with Gasteiger partial charge in [0, 0.05) is 33.3 Å². The highest BCUT2D eigenvalue weighted by Crippen LogP contribution is 2.24. The van der Waals surface area contributed by atoms with E-state index in [0.717, 1.165) is 11.6 Å². The molecule has 1 amide bonds. The second-order valence-electron chi connectivity index (χ2n) is 6.65. The lowest BCUT2D eigenvalue weighted by molar-refractivity contribution is 0.0953. The highest BCUT2D eigenvalue weighted by atomic mass is 16.5. The van der Waals surface area contributed by atoms with E-state index in [0.29, 0.717) is 36.0 Å². The van der Waals surface area contributed by atoms with Crippen molar-refractivity contribution in [2.24, 2.45) is 0 Å². The van der Waals surface area contributed by atoms with E-state index < -0.39 is 0 Å². The number of carbonyl (C=O) groups excluding carboxylic acids is 1. The normalized spacial score (nSPS) is 10.3. The molecule has 2 N–H and O–H groups in total. The van der Waals surface area contributed by atoms with Crippen LogP contribution in [0.15, 0.2) is 60.7 Å². The number of amides is 1.